The second kappa shape index (κ2) is 5.58. The molecule has 1 N–H and O–H groups in total. The molecule has 2 aliphatic rings. The summed E-state index contributed by atoms with van der Waals surface area (Å²) in [6.45, 7) is 1.26. The van der Waals surface area contributed by atoms with Gasteiger partial charge in [0.2, 0.25) is 0 Å². The Morgan fingerprint density at radius 1 is 1.25 bits per heavy atom. The molecule has 2 unspecified atom stereocenters. The summed E-state index contributed by atoms with van der Waals surface area (Å²) in [7, 11) is 0. The molecule has 20 heavy (non-hydrogen) atoms. The van der Waals surface area contributed by atoms with Crippen LogP contribution in [0.4, 0.5) is 8.78 Å². The van der Waals surface area contributed by atoms with Gasteiger partial charge in [0.1, 0.15) is 17.4 Å². The van der Waals surface area contributed by atoms with Crippen LogP contribution in [0.25, 0.3) is 0 Å². The van der Waals surface area contributed by atoms with Gasteiger partial charge in [0, 0.05) is 30.5 Å². The van der Waals surface area contributed by atoms with Crippen LogP contribution in [0.3, 0.4) is 0 Å². The highest BCUT2D eigenvalue weighted by Gasteiger charge is 2.35. The average molecular weight is 281 g/mol. The molecule has 0 amide bonds. The zero-order valence-corrected chi connectivity index (χ0v) is 11.1. The number of carbonyl (C=O) groups excluding carboxylic acids is 1. The molecule has 1 aromatic carbocycles. The minimum absolute atomic E-state index is 0.0360. The van der Waals surface area contributed by atoms with Gasteiger partial charge in [-0.2, -0.15) is 0 Å². The maximum absolute atomic E-state index is 13.6. The Hall–Kier alpha value is -1.33. The van der Waals surface area contributed by atoms with Crippen molar-refractivity contribution in [1.29, 1.82) is 0 Å². The van der Waals surface area contributed by atoms with E-state index in [1.165, 1.54) is 12.1 Å². The predicted molar refractivity (Wildman–Crippen MR) is 69.3 cm³/mol. The number of piperidine rings is 1. The number of nitrogens with one attached hydrogen (secondary N) is 1. The molecule has 2 saturated heterocycles. The lowest BCUT2D eigenvalue weighted by molar-refractivity contribution is -0.125. The van der Waals surface area contributed by atoms with E-state index in [-0.39, 0.29) is 35.8 Å². The van der Waals surface area contributed by atoms with Crippen molar-refractivity contribution >= 4 is 5.78 Å². The molecule has 3 rings (SSSR count). The molecule has 1 aromatic rings. The molecular weight excluding hydrogens is 264 g/mol. The van der Waals surface area contributed by atoms with Gasteiger partial charge in [0.15, 0.2) is 0 Å². The highest BCUT2D eigenvalue weighted by atomic mass is 19.1. The lowest BCUT2D eigenvalue weighted by Crippen LogP contribution is -2.55. The number of halogens is 2. The molecule has 0 aromatic heterocycles. The van der Waals surface area contributed by atoms with Crippen molar-refractivity contribution in [1.82, 2.24) is 5.32 Å². The molecular formula is C15H17F2NO2. The number of benzene rings is 1. The fourth-order valence-corrected chi connectivity index (χ4v) is 3.10. The molecule has 3 nitrogen and oxygen atoms in total. The first-order chi connectivity index (χ1) is 9.61. The standard InChI is InChI=1S/C15H17F2NO2/c16-11-2-1-9(14(17)6-11)5-15(19)10-3-12-7-20-8-13(4-10)18-12/h1-2,6,10,12-13,18H,3-5,7-8H2. The lowest BCUT2D eigenvalue weighted by atomic mass is 9.82. The van der Waals surface area contributed by atoms with Crippen LogP contribution in [0, 0.1) is 17.6 Å². The molecule has 0 radical (unpaired) electrons. The smallest absolute Gasteiger partial charge is 0.140 e. The van der Waals surface area contributed by atoms with E-state index in [0.29, 0.717) is 13.2 Å². The molecule has 2 atom stereocenters. The van der Waals surface area contributed by atoms with Gasteiger partial charge in [-0.25, -0.2) is 8.78 Å². The Kier molecular flexibility index (Phi) is 3.81. The van der Waals surface area contributed by atoms with Crippen LogP contribution in [0.2, 0.25) is 0 Å². The predicted octanol–water partition coefficient (Wildman–Crippen LogP) is 1.84. The van der Waals surface area contributed by atoms with Crippen LogP contribution >= 0.6 is 0 Å². The number of Topliss-reactive ketones (excluding diaryl/α,β-unsaturated/α-hetero) is 1. The quantitative estimate of drug-likeness (QED) is 0.919. The van der Waals surface area contributed by atoms with Crippen molar-refractivity contribution in [3.05, 3.63) is 35.4 Å². The summed E-state index contributed by atoms with van der Waals surface area (Å²) in [5, 5.41) is 3.42. The van der Waals surface area contributed by atoms with E-state index in [2.05, 4.69) is 5.32 Å². The highest BCUT2D eigenvalue weighted by molar-refractivity contribution is 5.83. The number of morpholine rings is 1. The number of ketones is 1. The van der Waals surface area contributed by atoms with E-state index in [9.17, 15) is 13.6 Å². The molecule has 2 fully saturated rings. The highest BCUT2D eigenvalue weighted by Crippen LogP contribution is 2.26. The van der Waals surface area contributed by atoms with Gasteiger partial charge >= 0.3 is 0 Å². The Morgan fingerprint density at radius 2 is 1.95 bits per heavy atom. The molecule has 0 saturated carbocycles. The van der Waals surface area contributed by atoms with E-state index in [1.54, 1.807) is 0 Å². The first kappa shape index (κ1) is 13.6. The fraction of sp³-hybridized carbons (Fsp3) is 0.533. The topological polar surface area (TPSA) is 38.3 Å². The summed E-state index contributed by atoms with van der Waals surface area (Å²) < 4.78 is 31.9. The summed E-state index contributed by atoms with van der Waals surface area (Å²) >= 11 is 0. The zero-order chi connectivity index (χ0) is 14.1. The van der Waals surface area contributed by atoms with Gasteiger partial charge in [-0.05, 0) is 24.5 Å². The van der Waals surface area contributed by atoms with Gasteiger partial charge in [0.25, 0.3) is 0 Å². The van der Waals surface area contributed by atoms with Crippen LogP contribution < -0.4 is 5.32 Å². The molecule has 0 aliphatic carbocycles. The van der Waals surface area contributed by atoms with Crippen LogP contribution in [0.15, 0.2) is 18.2 Å². The van der Waals surface area contributed by atoms with Crippen molar-refractivity contribution < 1.29 is 18.3 Å². The van der Waals surface area contributed by atoms with Gasteiger partial charge in [-0.1, -0.05) is 6.07 Å². The lowest BCUT2D eigenvalue weighted by Gasteiger charge is -2.39. The number of hydrogen-bond donors (Lipinski definition) is 1. The van der Waals surface area contributed by atoms with Crippen molar-refractivity contribution in [2.24, 2.45) is 5.92 Å². The van der Waals surface area contributed by atoms with Crippen molar-refractivity contribution in [3.63, 3.8) is 0 Å². The molecule has 2 bridgehead atoms. The van der Waals surface area contributed by atoms with E-state index >= 15 is 0 Å². The van der Waals surface area contributed by atoms with E-state index in [1.807, 2.05) is 0 Å². The maximum Gasteiger partial charge on any atom is 0.140 e. The third-order valence-corrected chi connectivity index (χ3v) is 4.08. The number of rotatable bonds is 3. The summed E-state index contributed by atoms with van der Waals surface area (Å²) in [5.41, 5.74) is 0.274. The largest absolute Gasteiger partial charge is 0.378 e. The van der Waals surface area contributed by atoms with Gasteiger partial charge in [0.05, 0.1) is 13.2 Å². The van der Waals surface area contributed by atoms with Crippen molar-refractivity contribution in [2.45, 2.75) is 31.3 Å². The second-order valence-electron chi connectivity index (χ2n) is 5.65. The first-order valence-electron chi connectivity index (χ1n) is 6.92. The van der Waals surface area contributed by atoms with Gasteiger partial charge in [-0.15, -0.1) is 0 Å². The van der Waals surface area contributed by atoms with Gasteiger partial charge in [-0.3, -0.25) is 4.79 Å². The molecule has 108 valence electrons. The third-order valence-electron chi connectivity index (χ3n) is 4.08. The fourth-order valence-electron chi connectivity index (χ4n) is 3.10. The Labute approximate surface area is 116 Å². The maximum atomic E-state index is 13.6. The average Bonchev–Trinajstić information content (AvgIpc) is 2.41. The summed E-state index contributed by atoms with van der Waals surface area (Å²) in [6.07, 6.45) is 1.51. The third kappa shape index (κ3) is 2.88. The minimum Gasteiger partial charge on any atom is -0.378 e. The number of ether oxygens (including phenoxy) is 1. The minimum atomic E-state index is -0.643. The number of carbonyl (C=O) groups is 1. The second-order valence-corrected chi connectivity index (χ2v) is 5.65. The Balaban J connectivity index is 1.67. The number of hydrogen-bond acceptors (Lipinski definition) is 3. The van der Waals surface area contributed by atoms with E-state index in [4.69, 9.17) is 4.74 Å². The van der Waals surface area contributed by atoms with Crippen molar-refractivity contribution in [2.75, 3.05) is 13.2 Å². The SMILES string of the molecule is O=C(Cc1ccc(F)cc1F)C1CC2COCC(C1)N2. The number of fused-ring (bicyclic) bond motifs is 2. The summed E-state index contributed by atoms with van der Waals surface area (Å²) in [5.74, 6) is -1.28. The Morgan fingerprint density at radius 3 is 2.60 bits per heavy atom. The van der Waals surface area contributed by atoms with E-state index < -0.39 is 11.6 Å². The Bertz CT molecular complexity index is 509. The van der Waals surface area contributed by atoms with Gasteiger partial charge < -0.3 is 10.1 Å². The van der Waals surface area contributed by atoms with Crippen LogP contribution in [-0.2, 0) is 16.0 Å². The zero-order valence-electron chi connectivity index (χ0n) is 11.1. The normalized spacial score (nSPS) is 29.2. The summed E-state index contributed by atoms with van der Waals surface area (Å²) in [6, 6.07) is 3.81. The first-order valence-corrected chi connectivity index (χ1v) is 6.92. The van der Waals surface area contributed by atoms with Crippen molar-refractivity contribution in [3.8, 4) is 0 Å². The molecule has 2 aliphatic heterocycles. The van der Waals surface area contributed by atoms with E-state index in [0.717, 1.165) is 18.9 Å². The molecule has 0 spiro atoms. The monoisotopic (exact) mass is 281 g/mol. The molecule has 5 heteroatoms. The summed E-state index contributed by atoms with van der Waals surface area (Å²) in [4.78, 5) is 12.3. The molecule has 2 heterocycles. The van der Waals surface area contributed by atoms with Crippen LogP contribution in [-0.4, -0.2) is 31.1 Å². The van der Waals surface area contributed by atoms with Crippen LogP contribution in [0.5, 0.6) is 0 Å². The van der Waals surface area contributed by atoms with Crippen LogP contribution in [0.1, 0.15) is 18.4 Å².